The van der Waals surface area contributed by atoms with E-state index >= 15 is 0 Å². The van der Waals surface area contributed by atoms with Crippen LogP contribution in [0.15, 0.2) is 12.1 Å². The van der Waals surface area contributed by atoms with Gasteiger partial charge in [0, 0.05) is 17.1 Å². The van der Waals surface area contributed by atoms with Gasteiger partial charge in [-0.3, -0.25) is 0 Å². The highest BCUT2D eigenvalue weighted by Crippen LogP contribution is 2.39. The van der Waals surface area contributed by atoms with Gasteiger partial charge < -0.3 is 15.2 Å². The molecule has 1 atom stereocenters. The zero-order chi connectivity index (χ0) is 13.9. The van der Waals surface area contributed by atoms with E-state index in [1.807, 2.05) is 12.1 Å². The van der Waals surface area contributed by atoms with Crippen LogP contribution in [0.25, 0.3) is 0 Å². The number of ether oxygens (including phenoxy) is 2. The Balaban J connectivity index is 1.68. The number of benzene rings is 1. The van der Waals surface area contributed by atoms with Crippen molar-refractivity contribution in [1.29, 1.82) is 0 Å². The number of halogens is 1. The zero-order valence-electron chi connectivity index (χ0n) is 11.7. The Bertz CT molecular complexity index is 472. The Morgan fingerprint density at radius 1 is 1.15 bits per heavy atom. The lowest BCUT2D eigenvalue weighted by molar-refractivity contribution is 0.171. The molecule has 0 bridgehead atoms. The molecule has 1 unspecified atom stereocenters. The molecule has 0 radical (unpaired) electrons. The molecule has 4 heteroatoms. The third kappa shape index (κ3) is 3.04. The SMILES string of the molecule is NC(CCC1CCCC1)c1cc2c(cc1Cl)OCCO2. The minimum absolute atomic E-state index is 0.0149. The van der Waals surface area contributed by atoms with E-state index in [2.05, 4.69) is 0 Å². The number of fused-ring (bicyclic) bond motifs is 1. The summed E-state index contributed by atoms with van der Waals surface area (Å²) < 4.78 is 11.1. The van der Waals surface area contributed by atoms with E-state index in [1.165, 1.54) is 32.1 Å². The molecule has 20 heavy (non-hydrogen) atoms. The van der Waals surface area contributed by atoms with Crippen molar-refractivity contribution in [1.82, 2.24) is 0 Å². The number of hydrogen-bond donors (Lipinski definition) is 1. The summed E-state index contributed by atoms with van der Waals surface area (Å²) in [5.74, 6) is 2.36. The fraction of sp³-hybridized carbons (Fsp3) is 0.625. The summed E-state index contributed by atoms with van der Waals surface area (Å²) in [6, 6.07) is 3.77. The molecule has 1 heterocycles. The molecule has 110 valence electrons. The highest BCUT2D eigenvalue weighted by molar-refractivity contribution is 6.31. The molecular formula is C16H22ClNO2. The molecule has 0 spiro atoms. The molecule has 1 aromatic carbocycles. The Kier molecular flexibility index (Phi) is 4.37. The topological polar surface area (TPSA) is 44.5 Å². The molecule has 0 aromatic heterocycles. The zero-order valence-corrected chi connectivity index (χ0v) is 12.5. The maximum absolute atomic E-state index is 6.34. The van der Waals surface area contributed by atoms with E-state index in [4.69, 9.17) is 26.8 Å². The Hall–Kier alpha value is -0.930. The van der Waals surface area contributed by atoms with E-state index in [0.29, 0.717) is 18.2 Å². The summed E-state index contributed by atoms with van der Waals surface area (Å²) in [5.41, 5.74) is 7.31. The maximum Gasteiger partial charge on any atom is 0.162 e. The van der Waals surface area contributed by atoms with E-state index in [0.717, 1.165) is 29.4 Å². The van der Waals surface area contributed by atoms with Crippen molar-refractivity contribution in [2.75, 3.05) is 13.2 Å². The third-order valence-corrected chi connectivity index (χ3v) is 4.75. The van der Waals surface area contributed by atoms with Crippen molar-refractivity contribution in [2.45, 2.75) is 44.6 Å². The predicted molar refractivity (Wildman–Crippen MR) is 80.6 cm³/mol. The van der Waals surface area contributed by atoms with Gasteiger partial charge in [-0.1, -0.05) is 37.3 Å². The first-order valence-corrected chi connectivity index (χ1v) is 7.96. The van der Waals surface area contributed by atoms with Gasteiger partial charge in [-0.25, -0.2) is 0 Å². The van der Waals surface area contributed by atoms with Gasteiger partial charge in [-0.2, -0.15) is 0 Å². The summed E-state index contributed by atoms with van der Waals surface area (Å²) in [5, 5.41) is 0.688. The van der Waals surface area contributed by atoms with Crippen molar-refractivity contribution in [3.8, 4) is 11.5 Å². The van der Waals surface area contributed by atoms with Gasteiger partial charge >= 0.3 is 0 Å². The second-order valence-corrected chi connectivity index (χ2v) is 6.26. The molecule has 2 aliphatic rings. The van der Waals surface area contributed by atoms with Crippen LogP contribution in [0.1, 0.15) is 50.1 Å². The number of rotatable bonds is 4. The quantitative estimate of drug-likeness (QED) is 0.910. The monoisotopic (exact) mass is 295 g/mol. The molecule has 1 fully saturated rings. The number of nitrogens with two attached hydrogens (primary N) is 1. The van der Waals surface area contributed by atoms with Crippen LogP contribution < -0.4 is 15.2 Å². The lowest BCUT2D eigenvalue weighted by Crippen LogP contribution is -2.17. The van der Waals surface area contributed by atoms with Crippen LogP contribution in [0.5, 0.6) is 11.5 Å². The van der Waals surface area contributed by atoms with Crippen LogP contribution >= 0.6 is 11.6 Å². The fourth-order valence-corrected chi connectivity index (χ4v) is 3.53. The molecule has 1 saturated carbocycles. The van der Waals surface area contributed by atoms with Crippen LogP contribution in [0.2, 0.25) is 5.02 Å². The molecule has 3 nitrogen and oxygen atoms in total. The smallest absolute Gasteiger partial charge is 0.162 e. The van der Waals surface area contributed by atoms with Crippen molar-refractivity contribution in [3.63, 3.8) is 0 Å². The normalized spacial score (nSPS) is 20.1. The molecule has 0 amide bonds. The average molecular weight is 296 g/mol. The summed E-state index contributed by atoms with van der Waals surface area (Å²) >= 11 is 6.34. The molecular weight excluding hydrogens is 274 g/mol. The molecule has 2 N–H and O–H groups in total. The standard InChI is InChI=1S/C16H22ClNO2/c17-13-10-16-15(19-7-8-20-16)9-12(13)14(18)6-5-11-3-1-2-4-11/h9-11,14H,1-8,18H2. The summed E-state index contributed by atoms with van der Waals surface area (Å²) in [6.07, 6.45) is 7.68. The number of hydrogen-bond acceptors (Lipinski definition) is 3. The highest BCUT2D eigenvalue weighted by atomic mass is 35.5. The van der Waals surface area contributed by atoms with Crippen molar-refractivity contribution in [2.24, 2.45) is 11.7 Å². The molecule has 1 aliphatic heterocycles. The highest BCUT2D eigenvalue weighted by Gasteiger charge is 2.20. The van der Waals surface area contributed by atoms with Gasteiger partial charge in [0.15, 0.2) is 11.5 Å². The summed E-state index contributed by atoms with van der Waals surface area (Å²) in [6.45, 7) is 1.17. The largest absolute Gasteiger partial charge is 0.486 e. The summed E-state index contributed by atoms with van der Waals surface area (Å²) in [7, 11) is 0. The van der Waals surface area contributed by atoms with Crippen LogP contribution in [0.4, 0.5) is 0 Å². The van der Waals surface area contributed by atoms with E-state index in [-0.39, 0.29) is 6.04 Å². The Morgan fingerprint density at radius 3 is 2.50 bits per heavy atom. The lowest BCUT2D eigenvalue weighted by Gasteiger charge is -2.22. The third-order valence-electron chi connectivity index (χ3n) is 4.42. The first kappa shape index (κ1) is 14.0. The minimum Gasteiger partial charge on any atom is -0.486 e. The van der Waals surface area contributed by atoms with Gasteiger partial charge in [0.2, 0.25) is 0 Å². The van der Waals surface area contributed by atoms with Crippen LogP contribution in [0, 0.1) is 5.92 Å². The molecule has 1 aliphatic carbocycles. The molecule has 0 saturated heterocycles. The van der Waals surface area contributed by atoms with Crippen LogP contribution in [-0.4, -0.2) is 13.2 Å². The summed E-state index contributed by atoms with van der Waals surface area (Å²) in [4.78, 5) is 0. The van der Waals surface area contributed by atoms with Gasteiger partial charge in [0.25, 0.3) is 0 Å². The van der Waals surface area contributed by atoms with Crippen LogP contribution in [0.3, 0.4) is 0 Å². The van der Waals surface area contributed by atoms with E-state index in [9.17, 15) is 0 Å². The predicted octanol–water partition coefficient (Wildman–Crippen LogP) is 4.08. The Morgan fingerprint density at radius 2 is 1.80 bits per heavy atom. The van der Waals surface area contributed by atoms with E-state index < -0.39 is 0 Å². The first-order valence-electron chi connectivity index (χ1n) is 7.58. The van der Waals surface area contributed by atoms with E-state index in [1.54, 1.807) is 0 Å². The molecule has 1 aromatic rings. The second-order valence-electron chi connectivity index (χ2n) is 5.85. The lowest BCUT2D eigenvalue weighted by atomic mass is 9.95. The first-order chi connectivity index (χ1) is 9.74. The maximum atomic E-state index is 6.34. The fourth-order valence-electron chi connectivity index (χ4n) is 3.23. The Labute approximate surface area is 125 Å². The van der Waals surface area contributed by atoms with Crippen molar-refractivity contribution < 1.29 is 9.47 Å². The van der Waals surface area contributed by atoms with Gasteiger partial charge in [-0.15, -0.1) is 0 Å². The minimum atomic E-state index is -0.0149. The molecule has 3 rings (SSSR count). The van der Waals surface area contributed by atoms with Gasteiger partial charge in [-0.05, 0) is 30.4 Å². The van der Waals surface area contributed by atoms with Crippen LogP contribution in [-0.2, 0) is 0 Å². The van der Waals surface area contributed by atoms with Crippen molar-refractivity contribution in [3.05, 3.63) is 22.7 Å². The van der Waals surface area contributed by atoms with Crippen molar-refractivity contribution >= 4 is 11.6 Å². The van der Waals surface area contributed by atoms with Gasteiger partial charge in [0.1, 0.15) is 13.2 Å². The van der Waals surface area contributed by atoms with Gasteiger partial charge in [0.05, 0.1) is 0 Å². The second kappa shape index (κ2) is 6.23. The average Bonchev–Trinajstić information content (AvgIpc) is 2.97.